The number of hydrogen-bond donors (Lipinski definition) is 1. The average molecular weight is 344 g/mol. The molecule has 2 fully saturated rings. The van der Waals surface area contributed by atoms with E-state index < -0.39 is 0 Å². The van der Waals surface area contributed by atoms with Crippen molar-refractivity contribution in [2.24, 2.45) is 11.8 Å². The van der Waals surface area contributed by atoms with Gasteiger partial charge in [-0.15, -0.1) is 0 Å². The fraction of sp³-hybridized carbons (Fsp3) is 0.526. The number of esters is 1. The minimum Gasteiger partial charge on any atom is -0.455 e. The van der Waals surface area contributed by atoms with Crippen LogP contribution in [0.4, 0.5) is 0 Å². The monoisotopic (exact) mass is 344 g/mol. The third-order valence-corrected chi connectivity index (χ3v) is 4.84. The molecule has 0 radical (unpaired) electrons. The number of benzene rings is 1. The molecular formula is C19H24N2O4. The first-order valence-corrected chi connectivity index (χ1v) is 8.86. The molecule has 2 aliphatic rings. The number of nitrogens with zero attached hydrogens (tertiary/aromatic N) is 1. The molecule has 1 heterocycles. The van der Waals surface area contributed by atoms with Gasteiger partial charge in [-0.2, -0.15) is 0 Å². The van der Waals surface area contributed by atoms with E-state index in [0.29, 0.717) is 18.0 Å². The lowest BCUT2D eigenvalue weighted by atomic mass is 10.1. The van der Waals surface area contributed by atoms with E-state index in [-0.39, 0.29) is 30.3 Å². The maximum absolute atomic E-state index is 12.3. The van der Waals surface area contributed by atoms with Gasteiger partial charge in [0.1, 0.15) is 0 Å². The average Bonchev–Trinajstić information content (AvgIpc) is 3.12. The Bertz CT molecular complexity index is 650. The van der Waals surface area contributed by atoms with Crippen molar-refractivity contribution in [1.29, 1.82) is 0 Å². The minimum atomic E-state index is -0.320. The van der Waals surface area contributed by atoms with Crippen molar-refractivity contribution in [2.75, 3.05) is 19.7 Å². The van der Waals surface area contributed by atoms with Crippen LogP contribution in [0.15, 0.2) is 24.3 Å². The first-order valence-electron chi connectivity index (χ1n) is 8.86. The maximum atomic E-state index is 12.3. The number of likely N-dealkylation sites (tertiary alicyclic amines) is 1. The SMILES string of the molecule is C[C@@H]1C[C@H]1C(=O)OCC(=O)NCc1ccc(C(=O)N2CCCC2)cc1. The van der Waals surface area contributed by atoms with Crippen LogP contribution in [0.3, 0.4) is 0 Å². The number of carbonyl (C=O) groups excluding carboxylic acids is 3. The topological polar surface area (TPSA) is 75.7 Å². The van der Waals surface area contributed by atoms with Crippen molar-refractivity contribution in [3.63, 3.8) is 0 Å². The standard InChI is InChI=1S/C19H24N2O4/c1-13-10-16(13)19(24)25-12-17(22)20-11-14-4-6-15(7-5-14)18(23)21-8-2-3-9-21/h4-7,13,16H,2-3,8-12H2,1H3,(H,20,22)/t13-,16-/m1/s1. The first-order chi connectivity index (χ1) is 12.0. The number of nitrogens with one attached hydrogen (secondary N) is 1. The van der Waals surface area contributed by atoms with Crippen molar-refractivity contribution in [3.8, 4) is 0 Å². The molecule has 25 heavy (non-hydrogen) atoms. The van der Waals surface area contributed by atoms with Gasteiger partial charge >= 0.3 is 5.97 Å². The van der Waals surface area contributed by atoms with E-state index in [2.05, 4.69) is 5.32 Å². The van der Waals surface area contributed by atoms with E-state index in [1.54, 1.807) is 12.1 Å². The van der Waals surface area contributed by atoms with Crippen molar-refractivity contribution in [3.05, 3.63) is 35.4 Å². The molecular weight excluding hydrogens is 320 g/mol. The molecule has 0 spiro atoms. The number of hydrogen-bond acceptors (Lipinski definition) is 4. The van der Waals surface area contributed by atoms with Crippen LogP contribution in [0, 0.1) is 11.8 Å². The van der Waals surface area contributed by atoms with E-state index in [9.17, 15) is 14.4 Å². The predicted molar refractivity (Wildman–Crippen MR) is 91.7 cm³/mol. The summed E-state index contributed by atoms with van der Waals surface area (Å²) in [5, 5.41) is 2.72. The fourth-order valence-electron chi connectivity index (χ4n) is 3.01. The van der Waals surface area contributed by atoms with Gasteiger partial charge in [0.05, 0.1) is 5.92 Å². The lowest BCUT2D eigenvalue weighted by molar-refractivity contribution is -0.150. The highest BCUT2D eigenvalue weighted by atomic mass is 16.5. The quantitative estimate of drug-likeness (QED) is 0.798. The van der Waals surface area contributed by atoms with Gasteiger partial charge in [0.2, 0.25) is 0 Å². The lowest BCUT2D eigenvalue weighted by Gasteiger charge is -2.15. The number of ether oxygens (including phenoxy) is 1. The number of carbonyl (C=O) groups is 3. The lowest BCUT2D eigenvalue weighted by Crippen LogP contribution is -2.29. The van der Waals surface area contributed by atoms with Gasteiger partial charge in [-0.1, -0.05) is 19.1 Å². The Morgan fingerprint density at radius 3 is 2.40 bits per heavy atom. The van der Waals surface area contributed by atoms with Crippen LogP contribution in [0.5, 0.6) is 0 Å². The van der Waals surface area contributed by atoms with E-state index in [0.717, 1.165) is 37.9 Å². The molecule has 6 heteroatoms. The smallest absolute Gasteiger partial charge is 0.309 e. The molecule has 1 aliphatic carbocycles. The second-order valence-electron chi connectivity index (χ2n) is 6.90. The second-order valence-corrected chi connectivity index (χ2v) is 6.90. The van der Waals surface area contributed by atoms with Crippen LogP contribution in [0.25, 0.3) is 0 Å². The highest BCUT2D eigenvalue weighted by Crippen LogP contribution is 2.38. The Morgan fingerprint density at radius 2 is 1.80 bits per heavy atom. The Morgan fingerprint density at radius 1 is 1.16 bits per heavy atom. The van der Waals surface area contributed by atoms with Crippen molar-refractivity contribution in [2.45, 2.75) is 32.7 Å². The van der Waals surface area contributed by atoms with Gasteiger partial charge in [0.25, 0.3) is 11.8 Å². The molecule has 1 aliphatic heterocycles. The molecule has 2 amide bonds. The molecule has 0 bridgehead atoms. The third kappa shape index (κ3) is 4.59. The van der Waals surface area contributed by atoms with E-state index in [1.165, 1.54) is 0 Å². The van der Waals surface area contributed by atoms with Crippen LogP contribution in [-0.2, 0) is 20.9 Å². The Hall–Kier alpha value is -2.37. The molecule has 0 aromatic heterocycles. The molecule has 2 atom stereocenters. The third-order valence-electron chi connectivity index (χ3n) is 4.84. The van der Waals surface area contributed by atoms with Gasteiger partial charge in [-0.25, -0.2) is 0 Å². The van der Waals surface area contributed by atoms with E-state index in [1.807, 2.05) is 24.0 Å². The van der Waals surface area contributed by atoms with Gasteiger partial charge < -0.3 is 15.0 Å². The summed E-state index contributed by atoms with van der Waals surface area (Å²) in [7, 11) is 0. The van der Waals surface area contributed by atoms with Crippen LogP contribution in [0.1, 0.15) is 42.1 Å². The molecule has 6 nitrogen and oxygen atoms in total. The van der Waals surface area contributed by atoms with E-state index in [4.69, 9.17) is 4.74 Å². The van der Waals surface area contributed by atoms with Crippen LogP contribution in [0.2, 0.25) is 0 Å². The van der Waals surface area contributed by atoms with Crippen LogP contribution in [-0.4, -0.2) is 42.4 Å². The molecule has 1 saturated carbocycles. The summed E-state index contributed by atoms with van der Waals surface area (Å²) in [6.45, 7) is 3.75. The Balaban J connectivity index is 1.41. The molecule has 134 valence electrons. The fourth-order valence-corrected chi connectivity index (χ4v) is 3.01. The molecule has 1 saturated heterocycles. The second kappa shape index (κ2) is 7.68. The first kappa shape index (κ1) is 17.5. The van der Waals surface area contributed by atoms with Gasteiger partial charge in [-0.05, 0) is 42.9 Å². The number of amides is 2. The molecule has 1 aromatic carbocycles. The Labute approximate surface area is 147 Å². The van der Waals surface area contributed by atoms with E-state index >= 15 is 0 Å². The molecule has 1 aromatic rings. The van der Waals surface area contributed by atoms with Gasteiger partial charge in [0.15, 0.2) is 6.61 Å². The summed E-state index contributed by atoms with van der Waals surface area (Å²) in [6, 6.07) is 7.25. The maximum Gasteiger partial charge on any atom is 0.309 e. The van der Waals surface area contributed by atoms with Crippen molar-refractivity contribution >= 4 is 17.8 Å². The summed E-state index contributed by atoms with van der Waals surface area (Å²) in [6.07, 6.45) is 2.99. The normalized spacial score (nSPS) is 21.7. The highest BCUT2D eigenvalue weighted by molar-refractivity contribution is 5.94. The highest BCUT2D eigenvalue weighted by Gasteiger charge is 2.40. The largest absolute Gasteiger partial charge is 0.455 e. The molecule has 3 rings (SSSR count). The van der Waals surface area contributed by atoms with Gasteiger partial charge in [-0.3, -0.25) is 14.4 Å². The summed E-state index contributed by atoms with van der Waals surface area (Å²) in [4.78, 5) is 37.4. The number of rotatable bonds is 6. The summed E-state index contributed by atoms with van der Waals surface area (Å²) >= 11 is 0. The summed E-state index contributed by atoms with van der Waals surface area (Å²) in [5.74, 6) is -0.202. The predicted octanol–water partition coefficient (Wildman–Crippen LogP) is 1.74. The zero-order valence-corrected chi connectivity index (χ0v) is 14.5. The van der Waals surface area contributed by atoms with Crippen molar-refractivity contribution < 1.29 is 19.1 Å². The zero-order chi connectivity index (χ0) is 17.8. The summed E-state index contributed by atoms with van der Waals surface area (Å²) < 4.78 is 4.99. The summed E-state index contributed by atoms with van der Waals surface area (Å²) in [5.41, 5.74) is 1.57. The van der Waals surface area contributed by atoms with Crippen LogP contribution < -0.4 is 5.32 Å². The molecule has 0 unspecified atom stereocenters. The van der Waals surface area contributed by atoms with Crippen LogP contribution >= 0.6 is 0 Å². The van der Waals surface area contributed by atoms with Crippen molar-refractivity contribution in [1.82, 2.24) is 10.2 Å². The zero-order valence-electron chi connectivity index (χ0n) is 14.5. The Kier molecular flexibility index (Phi) is 5.36. The molecule has 1 N–H and O–H groups in total. The minimum absolute atomic E-state index is 0.0338. The van der Waals surface area contributed by atoms with Gasteiger partial charge in [0, 0.05) is 25.2 Å².